The fraction of sp³-hybridized carbons (Fsp3) is 0.553. The number of unbranched alkanes of at least 4 members (excludes halogenated alkanes) is 12. The Hall–Kier alpha value is -4.05. The highest BCUT2D eigenvalue weighted by atomic mass is 79.9. The number of carbonyl (C=O) groups excluding carboxylic acids is 3. The molecule has 3 rings (SSSR count). The van der Waals surface area contributed by atoms with Crippen LogP contribution in [-0.2, 0) is 14.2 Å². The predicted octanol–water partition coefficient (Wildman–Crippen LogP) is 12.0. The Morgan fingerprint density at radius 1 is 0.421 bits per heavy atom. The molecule has 0 aromatic heterocycles. The molecule has 10 heteroatoms. The normalized spacial score (nSPS) is 11.2. The van der Waals surface area contributed by atoms with Crippen molar-refractivity contribution in [2.75, 3.05) is 45.0 Å². The minimum absolute atomic E-state index is 0.213. The predicted molar refractivity (Wildman–Crippen MR) is 229 cm³/mol. The molecule has 0 spiro atoms. The lowest BCUT2D eigenvalue weighted by Gasteiger charge is -2.31. The zero-order chi connectivity index (χ0) is 41.0. The summed E-state index contributed by atoms with van der Waals surface area (Å²) in [6.07, 6.45) is 16.3. The molecule has 0 radical (unpaired) electrons. The minimum atomic E-state index is -0.680. The maximum absolute atomic E-state index is 12.6. The highest BCUT2D eigenvalue weighted by Gasteiger charge is 2.33. The summed E-state index contributed by atoms with van der Waals surface area (Å²) in [6, 6.07) is 20.8. The Morgan fingerprint density at radius 2 is 0.684 bits per heavy atom. The van der Waals surface area contributed by atoms with Crippen LogP contribution < -0.4 is 14.2 Å². The van der Waals surface area contributed by atoms with Crippen molar-refractivity contribution in [2.45, 2.75) is 117 Å². The molecule has 0 unspecified atom stereocenters. The van der Waals surface area contributed by atoms with Crippen LogP contribution in [0.25, 0.3) is 0 Å². The third-order valence-electron chi connectivity index (χ3n) is 9.63. The molecular formula is C47H65BrO9. The van der Waals surface area contributed by atoms with Crippen molar-refractivity contribution in [3.05, 3.63) is 89.5 Å². The molecule has 0 amide bonds. The molecule has 0 heterocycles. The van der Waals surface area contributed by atoms with Crippen molar-refractivity contribution in [3.8, 4) is 17.2 Å². The molecule has 0 atom stereocenters. The first-order chi connectivity index (χ1) is 27.8. The number of ether oxygens (including phenoxy) is 6. The maximum atomic E-state index is 12.6. The van der Waals surface area contributed by atoms with Gasteiger partial charge in [-0.15, -0.1) is 0 Å². The molecule has 0 aliphatic heterocycles. The first-order valence-corrected chi connectivity index (χ1v) is 22.2. The second-order valence-corrected chi connectivity index (χ2v) is 15.3. The van der Waals surface area contributed by atoms with Gasteiger partial charge in [0.25, 0.3) is 0 Å². The highest BCUT2D eigenvalue weighted by Crippen LogP contribution is 2.28. The van der Waals surface area contributed by atoms with Gasteiger partial charge < -0.3 is 28.4 Å². The standard InChI is InChI=1S/C47H65BrO9/c1-4-7-10-13-16-31-52-44(49)38-19-25-41(26-20-38)55-35-47(34-48,36-56-42-27-21-39(22-28-42)45(50)53-32-17-14-11-8-5-2)37-57-43-29-23-40(24-30-43)46(51)54-33-18-15-12-9-6-3/h19-30H,4-18,31-37H2,1-3H3. The summed E-state index contributed by atoms with van der Waals surface area (Å²) >= 11 is 3.69. The molecule has 0 aliphatic carbocycles. The lowest BCUT2D eigenvalue weighted by Crippen LogP contribution is -2.42. The van der Waals surface area contributed by atoms with Crippen LogP contribution in [0.2, 0.25) is 0 Å². The molecule has 0 fully saturated rings. The summed E-state index contributed by atoms with van der Waals surface area (Å²) in [5, 5.41) is 0.466. The van der Waals surface area contributed by atoms with Crippen LogP contribution in [0, 0.1) is 5.41 Å². The molecule has 3 aromatic rings. The Balaban J connectivity index is 1.62. The van der Waals surface area contributed by atoms with Crippen LogP contribution in [-0.4, -0.2) is 62.9 Å². The monoisotopic (exact) mass is 852 g/mol. The van der Waals surface area contributed by atoms with Crippen molar-refractivity contribution in [3.63, 3.8) is 0 Å². The lowest BCUT2D eigenvalue weighted by atomic mass is 9.94. The number of hydrogen-bond donors (Lipinski definition) is 0. The van der Waals surface area contributed by atoms with E-state index >= 15 is 0 Å². The van der Waals surface area contributed by atoms with E-state index in [1.165, 1.54) is 38.5 Å². The van der Waals surface area contributed by atoms with Gasteiger partial charge in [-0.1, -0.05) is 114 Å². The molecule has 9 nitrogen and oxygen atoms in total. The maximum Gasteiger partial charge on any atom is 0.338 e. The van der Waals surface area contributed by atoms with Crippen molar-refractivity contribution in [1.82, 2.24) is 0 Å². The largest absolute Gasteiger partial charge is 0.493 e. The smallest absolute Gasteiger partial charge is 0.338 e. The van der Waals surface area contributed by atoms with Crippen LogP contribution >= 0.6 is 15.9 Å². The number of alkyl halides is 1. The quantitative estimate of drug-likeness (QED) is 0.0271. The Morgan fingerprint density at radius 3 is 0.930 bits per heavy atom. The van der Waals surface area contributed by atoms with Gasteiger partial charge in [-0.2, -0.15) is 0 Å². The van der Waals surface area contributed by atoms with E-state index in [0.717, 1.165) is 57.8 Å². The summed E-state index contributed by atoms with van der Waals surface area (Å²) in [5.41, 5.74) is 0.717. The number of hydrogen-bond acceptors (Lipinski definition) is 9. The Kier molecular flexibility index (Phi) is 23.6. The van der Waals surface area contributed by atoms with Crippen molar-refractivity contribution >= 4 is 33.8 Å². The summed E-state index contributed by atoms with van der Waals surface area (Å²) < 4.78 is 35.2. The van der Waals surface area contributed by atoms with Crippen molar-refractivity contribution in [2.24, 2.45) is 5.41 Å². The van der Waals surface area contributed by atoms with E-state index in [-0.39, 0.29) is 37.7 Å². The van der Waals surface area contributed by atoms with Gasteiger partial charge in [0, 0.05) is 5.33 Å². The van der Waals surface area contributed by atoms with Crippen LogP contribution in [0.5, 0.6) is 17.2 Å². The third-order valence-corrected chi connectivity index (χ3v) is 10.8. The molecule has 0 aliphatic rings. The summed E-state index contributed by atoms with van der Waals surface area (Å²) in [5.74, 6) is 0.694. The van der Waals surface area contributed by atoms with Gasteiger partial charge >= 0.3 is 17.9 Å². The Bertz CT molecular complexity index is 1360. The molecular weight excluding hydrogens is 788 g/mol. The molecule has 0 N–H and O–H groups in total. The average Bonchev–Trinajstić information content (AvgIpc) is 3.24. The first-order valence-electron chi connectivity index (χ1n) is 21.1. The molecule has 314 valence electrons. The molecule has 3 aromatic carbocycles. The number of esters is 3. The number of carbonyl (C=O) groups is 3. The SMILES string of the molecule is CCCCCCCOC(=O)c1ccc(OCC(CBr)(COc2ccc(C(=O)OCCCCCCC)cc2)COc2ccc(C(=O)OCCCCCCC)cc2)cc1. The second kappa shape index (κ2) is 28.4. The topological polar surface area (TPSA) is 107 Å². The van der Waals surface area contributed by atoms with E-state index in [1.54, 1.807) is 72.8 Å². The van der Waals surface area contributed by atoms with E-state index in [0.29, 0.717) is 59.1 Å². The van der Waals surface area contributed by atoms with Gasteiger partial charge in [-0.25, -0.2) is 14.4 Å². The van der Waals surface area contributed by atoms with Gasteiger partial charge in [0.05, 0.1) is 41.9 Å². The molecule has 57 heavy (non-hydrogen) atoms. The van der Waals surface area contributed by atoms with E-state index in [4.69, 9.17) is 28.4 Å². The van der Waals surface area contributed by atoms with Crippen LogP contribution in [0.15, 0.2) is 72.8 Å². The van der Waals surface area contributed by atoms with Crippen LogP contribution in [0.3, 0.4) is 0 Å². The van der Waals surface area contributed by atoms with Gasteiger partial charge in [0.1, 0.15) is 37.1 Å². The zero-order valence-electron chi connectivity index (χ0n) is 34.5. The summed E-state index contributed by atoms with van der Waals surface area (Å²) in [6.45, 7) is 8.39. The number of halogens is 1. The second-order valence-electron chi connectivity index (χ2n) is 14.7. The van der Waals surface area contributed by atoms with Gasteiger partial charge in [-0.05, 0) is 92.1 Å². The van der Waals surface area contributed by atoms with Crippen LogP contribution in [0.4, 0.5) is 0 Å². The first kappa shape index (κ1) is 47.3. The van der Waals surface area contributed by atoms with E-state index < -0.39 is 5.41 Å². The van der Waals surface area contributed by atoms with E-state index in [1.807, 2.05) is 0 Å². The lowest BCUT2D eigenvalue weighted by molar-refractivity contribution is 0.0488. The molecule has 0 saturated carbocycles. The van der Waals surface area contributed by atoms with Crippen LogP contribution in [0.1, 0.15) is 148 Å². The van der Waals surface area contributed by atoms with Crippen molar-refractivity contribution in [1.29, 1.82) is 0 Å². The molecule has 0 bridgehead atoms. The summed E-state index contributed by atoms with van der Waals surface area (Å²) in [7, 11) is 0. The van der Waals surface area contributed by atoms with Gasteiger partial charge in [0.15, 0.2) is 0 Å². The number of rotatable bonds is 31. The number of benzene rings is 3. The fourth-order valence-corrected chi connectivity index (χ4v) is 6.36. The van der Waals surface area contributed by atoms with Crippen molar-refractivity contribution < 1.29 is 42.8 Å². The molecule has 0 saturated heterocycles. The van der Waals surface area contributed by atoms with Gasteiger partial charge in [-0.3, -0.25) is 0 Å². The Labute approximate surface area is 349 Å². The average molecular weight is 854 g/mol. The fourth-order valence-electron chi connectivity index (χ4n) is 5.87. The van der Waals surface area contributed by atoms with E-state index in [9.17, 15) is 14.4 Å². The third kappa shape index (κ3) is 18.8. The highest BCUT2D eigenvalue weighted by molar-refractivity contribution is 9.09. The minimum Gasteiger partial charge on any atom is -0.493 e. The zero-order valence-corrected chi connectivity index (χ0v) is 36.1. The van der Waals surface area contributed by atoms with E-state index in [2.05, 4.69) is 36.7 Å². The van der Waals surface area contributed by atoms with Gasteiger partial charge in [0.2, 0.25) is 0 Å². The summed E-state index contributed by atoms with van der Waals surface area (Å²) in [4.78, 5) is 37.8.